The molecule has 0 fully saturated rings. The molecule has 2 aromatic rings. The van der Waals surface area contributed by atoms with E-state index in [-0.39, 0.29) is 5.57 Å². The number of amides is 3. The number of imide groups is 1. The van der Waals surface area contributed by atoms with Gasteiger partial charge in [0.2, 0.25) is 0 Å². The van der Waals surface area contributed by atoms with Gasteiger partial charge in [0.15, 0.2) is 6.10 Å². The largest absolute Gasteiger partial charge is 0.496 e. The summed E-state index contributed by atoms with van der Waals surface area (Å²) in [7, 11) is 2.92. The smallest absolute Gasteiger partial charge is 0.339 e. The van der Waals surface area contributed by atoms with Crippen molar-refractivity contribution in [3.05, 3.63) is 65.7 Å². The molecular weight excluding hydrogens is 360 g/mol. The van der Waals surface area contributed by atoms with Gasteiger partial charge in [-0.3, -0.25) is 10.1 Å². The quantitative estimate of drug-likeness (QED) is 0.455. The number of urea groups is 1. The molecule has 7 heteroatoms. The first-order valence-electron chi connectivity index (χ1n) is 8.60. The molecule has 2 N–H and O–H groups in total. The number of esters is 1. The standard InChI is InChI=1S/C21H22N2O5/c1-14(19(24)23-21(26)22-2)28-20(25)17(15-9-5-4-6-10-15)13-16-11-7-8-12-18(16)27-3/h4-14H,1-3H3,(H2,22,23,24,26)/b17-13+/t14-/m0/s1. The first kappa shape index (κ1) is 20.7. The van der Waals surface area contributed by atoms with Gasteiger partial charge in [0, 0.05) is 12.6 Å². The van der Waals surface area contributed by atoms with Crippen molar-refractivity contribution in [2.75, 3.05) is 14.2 Å². The van der Waals surface area contributed by atoms with E-state index < -0.39 is 24.0 Å². The minimum atomic E-state index is -1.16. The Morgan fingerprint density at radius 2 is 1.64 bits per heavy atom. The van der Waals surface area contributed by atoms with Gasteiger partial charge in [0.1, 0.15) is 5.75 Å². The molecule has 146 valence electrons. The van der Waals surface area contributed by atoms with Gasteiger partial charge < -0.3 is 14.8 Å². The van der Waals surface area contributed by atoms with E-state index in [9.17, 15) is 14.4 Å². The average molecular weight is 382 g/mol. The van der Waals surface area contributed by atoms with Crippen molar-refractivity contribution in [3.8, 4) is 5.75 Å². The van der Waals surface area contributed by atoms with Crippen molar-refractivity contribution in [1.82, 2.24) is 10.6 Å². The highest BCUT2D eigenvalue weighted by Gasteiger charge is 2.23. The number of ether oxygens (including phenoxy) is 2. The van der Waals surface area contributed by atoms with Crippen LogP contribution in [-0.4, -0.2) is 38.2 Å². The Hall–Kier alpha value is -3.61. The van der Waals surface area contributed by atoms with Gasteiger partial charge in [-0.25, -0.2) is 9.59 Å². The minimum absolute atomic E-state index is 0.254. The summed E-state index contributed by atoms with van der Waals surface area (Å²) in [5, 5.41) is 4.34. The van der Waals surface area contributed by atoms with Crippen molar-refractivity contribution in [1.29, 1.82) is 0 Å². The SMILES string of the molecule is CNC(=O)NC(=O)[C@H](C)OC(=O)/C(=C/c1ccccc1OC)c1ccccc1. The second-order valence-electron chi connectivity index (χ2n) is 5.78. The second-order valence-corrected chi connectivity index (χ2v) is 5.78. The molecule has 2 rings (SSSR count). The normalized spacial score (nSPS) is 11.9. The van der Waals surface area contributed by atoms with Crippen molar-refractivity contribution in [3.63, 3.8) is 0 Å². The van der Waals surface area contributed by atoms with Crippen LogP contribution in [0.4, 0.5) is 4.79 Å². The molecule has 3 amide bonds. The van der Waals surface area contributed by atoms with Gasteiger partial charge in [-0.1, -0.05) is 48.5 Å². The van der Waals surface area contributed by atoms with Gasteiger partial charge in [-0.05, 0) is 24.6 Å². The van der Waals surface area contributed by atoms with Gasteiger partial charge in [-0.2, -0.15) is 0 Å². The summed E-state index contributed by atoms with van der Waals surface area (Å²) in [5.74, 6) is -0.830. The van der Waals surface area contributed by atoms with Crippen LogP contribution in [0, 0.1) is 0 Å². The van der Waals surface area contributed by atoms with Gasteiger partial charge in [-0.15, -0.1) is 0 Å². The fourth-order valence-corrected chi connectivity index (χ4v) is 2.37. The number of carbonyl (C=O) groups is 3. The maximum Gasteiger partial charge on any atom is 0.339 e. The molecule has 0 spiro atoms. The first-order valence-corrected chi connectivity index (χ1v) is 8.60. The summed E-state index contributed by atoms with van der Waals surface area (Å²) in [6, 6.07) is 15.5. The summed E-state index contributed by atoms with van der Waals surface area (Å²) in [4.78, 5) is 36.1. The molecule has 0 heterocycles. The molecule has 2 aromatic carbocycles. The number of methoxy groups -OCH3 is 1. The van der Waals surface area contributed by atoms with Crippen LogP contribution in [0.5, 0.6) is 5.75 Å². The Morgan fingerprint density at radius 1 is 1.00 bits per heavy atom. The number of hydrogen-bond donors (Lipinski definition) is 2. The monoisotopic (exact) mass is 382 g/mol. The molecule has 0 aliphatic rings. The third kappa shape index (κ3) is 5.44. The highest BCUT2D eigenvalue weighted by Crippen LogP contribution is 2.25. The third-order valence-electron chi connectivity index (χ3n) is 3.86. The molecule has 0 aromatic heterocycles. The minimum Gasteiger partial charge on any atom is -0.496 e. The molecule has 0 aliphatic carbocycles. The molecule has 0 saturated carbocycles. The van der Waals surface area contributed by atoms with Crippen molar-refractivity contribution in [2.24, 2.45) is 0 Å². The summed E-state index contributed by atoms with van der Waals surface area (Å²) >= 11 is 0. The van der Waals surface area contributed by atoms with Crippen molar-refractivity contribution in [2.45, 2.75) is 13.0 Å². The number of benzene rings is 2. The Labute approximate surface area is 163 Å². The van der Waals surface area contributed by atoms with Crippen LogP contribution in [0.2, 0.25) is 0 Å². The van der Waals surface area contributed by atoms with Gasteiger partial charge in [0.25, 0.3) is 5.91 Å². The highest BCUT2D eigenvalue weighted by atomic mass is 16.5. The van der Waals surface area contributed by atoms with E-state index in [4.69, 9.17) is 9.47 Å². The fraction of sp³-hybridized carbons (Fsp3) is 0.190. The lowest BCUT2D eigenvalue weighted by molar-refractivity contribution is -0.148. The van der Waals surface area contributed by atoms with E-state index in [2.05, 4.69) is 10.6 Å². The number of para-hydroxylation sites is 1. The predicted molar refractivity (Wildman–Crippen MR) is 105 cm³/mol. The Bertz CT molecular complexity index is 877. The maximum atomic E-state index is 12.8. The summed E-state index contributed by atoms with van der Waals surface area (Å²) in [6.07, 6.45) is 0.481. The predicted octanol–water partition coefficient (Wildman–Crippen LogP) is 2.62. The van der Waals surface area contributed by atoms with Crippen molar-refractivity contribution < 1.29 is 23.9 Å². The van der Waals surface area contributed by atoms with E-state index in [1.54, 1.807) is 49.6 Å². The molecular formula is C21H22N2O5. The molecule has 0 aliphatic heterocycles. The zero-order chi connectivity index (χ0) is 20.5. The van der Waals surface area contributed by atoms with Gasteiger partial charge >= 0.3 is 12.0 Å². The molecule has 0 saturated heterocycles. The second kappa shape index (κ2) is 9.91. The summed E-state index contributed by atoms with van der Waals surface area (Å²) in [6.45, 7) is 1.39. The van der Waals surface area contributed by atoms with Crippen LogP contribution in [0.1, 0.15) is 18.1 Å². The van der Waals surface area contributed by atoms with Crippen LogP contribution >= 0.6 is 0 Å². The van der Waals surface area contributed by atoms with Crippen LogP contribution < -0.4 is 15.4 Å². The number of nitrogens with one attached hydrogen (secondary N) is 2. The van der Waals surface area contributed by atoms with E-state index >= 15 is 0 Å². The lowest BCUT2D eigenvalue weighted by Crippen LogP contribution is -2.43. The number of carbonyl (C=O) groups excluding carboxylic acids is 3. The van der Waals surface area contributed by atoms with Crippen molar-refractivity contribution >= 4 is 29.6 Å². The van der Waals surface area contributed by atoms with Crippen LogP contribution in [-0.2, 0) is 14.3 Å². The van der Waals surface area contributed by atoms with Crippen LogP contribution in [0.3, 0.4) is 0 Å². The first-order chi connectivity index (χ1) is 13.5. The number of hydrogen-bond acceptors (Lipinski definition) is 5. The topological polar surface area (TPSA) is 93.7 Å². The summed E-state index contributed by atoms with van der Waals surface area (Å²) in [5.41, 5.74) is 1.56. The number of rotatable bonds is 6. The van der Waals surface area contributed by atoms with E-state index in [1.807, 2.05) is 18.2 Å². The molecule has 0 unspecified atom stereocenters. The van der Waals surface area contributed by atoms with Crippen LogP contribution in [0.25, 0.3) is 11.6 Å². The van der Waals surface area contributed by atoms with Crippen LogP contribution in [0.15, 0.2) is 54.6 Å². The molecule has 7 nitrogen and oxygen atoms in total. The Kier molecular flexibility index (Phi) is 7.33. The van der Waals surface area contributed by atoms with Gasteiger partial charge in [0.05, 0.1) is 12.7 Å². The van der Waals surface area contributed by atoms with E-state index in [1.165, 1.54) is 14.0 Å². The molecule has 28 heavy (non-hydrogen) atoms. The fourth-order valence-electron chi connectivity index (χ4n) is 2.37. The highest BCUT2D eigenvalue weighted by molar-refractivity contribution is 6.22. The van der Waals surface area contributed by atoms with E-state index in [0.29, 0.717) is 16.9 Å². The molecule has 1 atom stereocenters. The molecule has 0 radical (unpaired) electrons. The zero-order valence-corrected chi connectivity index (χ0v) is 15.9. The Morgan fingerprint density at radius 3 is 2.29 bits per heavy atom. The Balaban J connectivity index is 2.32. The average Bonchev–Trinajstić information content (AvgIpc) is 2.72. The van der Waals surface area contributed by atoms with E-state index in [0.717, 1.165) is 0 Å². The maximum absolute atomic E-state index is 12.8. The lowest BCUT2D eigenvalue weighted by Gasteiger charge is -2.15. The third-order valence-corrected chi connectivity index (χ3v) is 3.86. The lowest BCUT2D eigenvalue weighted by atomic mass is 10.0. The molecule has 0 bridgehead atoms. The zero-order valence-electron chi connectivity index (χ0n) is 15.9. The summed E-state index contributed by atoms with van der Waals surface area (Å²) < 4.78 is 10.6.